The Labute approximate surface area is 135 Å². The van der Waals surface area contributed by atoms with Crippen LogP contribution in [0.1, 0.15) is 5.69 Å². The molecule has 3 rings (SSSR count). The maximum Gasteiger partial charge on any atom is 0.238 e. The molecule has 0 atom stereocenters. The molecule has 0 saturated carbocycles. The van der Waals surface area contributed by atoms with Crippen LogP contribution < -0.4 is 5.32 Å². The topological polar surface area (TPSA) is 58.1 Å². The van der Waals surface area contributed by atoms with Gasteiger partial charge in [-0.3, -0.25) is 19.7 Å². The summed E-state index contributed by atoms with van der Waals surface area (Å²) in [5, 5.41) is 3.96. The highest BCUT2D eigenvalue weighted by Crippen LogP contribution is 2.16. The summed E-state index contributed by atoms with van der Waals surface area (Å²) in [6, 6.07) is 15.4. The van der Waals surface area contributed by atoms with E-state index in [9.17, 15) is 4.79 Å². The molecule has 2 aromatic heterocycles. The largest absolute Gasteiger partial charge is 0.325 e. The number of hydrogen-bond acceptors (Lipinski definition) is 4. The molecule has 5 nitrogen and oxygen atoms in total. The Hall–Kier alpha value is -2.79. The van der Waals surface area contributed by atoms with E-state index in [0.717, 1.165) is 22.3 Å². The normalized spacial score (nSPS) is 10.9. The zero-order chi connectivity index (χ0) is 16.1. The first-order chi connectivity index (χ1) is 11.2. The van der Waals surface area contributed by atoms with Crippen molar-refractivity contribution < 1.29 is 4.79 Å². The van der Waals surface area contributed by atoms with Gasteiger partial charge in [0.05, 0.1) is 17.8 Å². The van der Waals surface area contributed by atoms with Crippen LogP contribution in [0.3, 0.4) is 0 Å². The molecule has 0 unspecified atom stereocenters. The smallest absolute Gasteiger partial charge is 0.238 e. The van der Waals surface area contributed by atoms with E-state index < -0.39 is 0 Å². The Morgan fingerprint density at radius 3 is 2.78 bits per heavy atom. The van der Waals surface area contributed by atoms with Crippen LogP contribution in [-0.2, 0) is 11.3 Å². The molecular formula is C18H18N4O. The number of carbonyl (C=O) groups excluding carboxylic acids is 1. The molecule has 0 fully saturated rings. The molecule has 1 amide bonds. The fourth-order valence-electron chi connectivity index (χ4n) is 2.41. The third-order valence-corrected chi connectivity index (χ3v) is 3.46. The van der Waals surface area contributed by atoms with Gasteiger partial charge in [-0.15, -0.1) is 0 Å². The Morgan fingerprint density at radius 1 is 1.09 bits per heavy atom. The van der Waals surface area contributed by atoms with E-state index >= 15 is 0 Å². The molecule has 1 aromatic carbocycles. The van der Waals surface area contributed by atoms with Crippen molar-refractivity contribution in [3.05, 3.63) is 66.6 Å². The van der Waals surface area contributed by atoms with E-state index in [2.05, 4.69) is 15.3 Å². The molecule has 3 aromatic rings. The second kappa shape index (κ2) is 6.98. The van der Waals surface area contributed by atoms with Crippen LogP contribution in [0.2, 0.25) is 0 Å². The molecule has 0 bridgehead atoms. The van der Waals surface area contributed by atoms with Gasteiger partial charge in [0.1, 0.15) is 0 Å². The molecule has 0 spiro atoms. The quantitative estimate of drug-likeness (QED) is 0.787. The number of likely N-dealkylation sites (N-methyl/N-ethyl adjacent to an activating group) is 1. The third-order valence-electron chi connectivity index (χ3n) is 3.46. The monoisotopic (exact) mass is 306 g/mol. The van der Waals surface area contributed by atoms with Crippen LogP contribution in [0.4, 0.5) is 5.69 Å². The minimum Gasteiger partial charge on any atom is -0.325 e. The Morgan fingerprint density at radius 2 is 1.96 bits per heavy atom. The Kier molecular flexibility index (Phi) is 4.59. The molecule has 0 aliphatic carbocycles. The summed E-state index contributed by atoms with van der Waals surface area (Å²) in [7, 11) is 1.90. The maximum absolute atomic E-state index is 12.2. The molecule has 0 aliphatic rings. The number of anilines is 1. The van der Waals surface area contributed by atoms with Crippen molar-refractivity contribution >= 4 is 22.5 Å². The van der Waals surface area contributed by atoms with Gasteiger partial charge in [-0.1, -0.05) is 18.2 Å². The van der Waals surface area contributed by atoms with Crippen molar-refractivity contribution in [2.45, 2.75) is 6.54 Å². The van der Waals surface area contributed by atoms with E-state index in [1.807, 2.05) is 60.5 Å². The molecule has 5 heteroatoms. The standard InChI is InChI=1S/C18H18N4O/c1-22(12-16-6-2-3-9-19-16)13-18(23)21-15-8-7-14-5-4-10-20-17(14)11-15/h2-11H,12-13H2,1H3,(H,21,23). The van der Waals surface area contributed by atoms with Crippen molar-refractivity contribution in [3.8, 4) is 0 Å². The van der Waals surface area contributed by atoms with Crippen LogP contribution >= 0.6 is 0 Å². The fraction of sp³-hybridized carbons (Fsp3) is 0.167. The van der Waals surface area contributed by atoms with Gasteiger partial charge >= 0.3 is 0 Å². The first-order valence-corrected chi connectivity index (χ1v) is 7.44. The van der Waals surface area contributed by atoms with Gasteiger partial charge in [0.25, 0.3) is 0 Å². The third kappa shape index (κ3) is 4.11. The number of nitrogens with one attached hydrogen (secondary N) is 1. The Bertz CT molecular complexity index is 804. The predicted octanol–water partition coefficient (Wildman–Crippen LogP) is 2.70. The molecule has 116 valence electrons. The summed E-state index contributed by atoms with van der Waals surface area (Å²) in [5.41, 5.74) is 2.57. The summed E-state index contributed by atoms with van der Waals surface area (Å²) in [6.07, 6.45) is 3.50. The molecule has 23 heavy (non-hydrogen) atoms. The number of aromatic nitrogens is 2. The summed E-state index contributed by atoms with van der Waals surface area (Å²) in [4.78, 5) is 22.6. The lowest BCUT2D eigenvalue weighted by Crippen LogP contribution is -2.30. The second-order valence-corrected chi connectivity index (χ2v) is 5.45. The number of benzene rings is 1. The zero-order valence-corrected chi connectivity index (χ0v) is 12.9. The summed E-state index contributed by atoms with van der Waals surface area (Å²) in [6.45, 7) is 0.935. The number of nitrogens with zero attached hydrogens (tertiary/aromatic N) is 3. The van der Waals surface area contributed by atoms with Gasteiger partial charge in [-0.2, -0.15) is 0 Å². The van der Waals surface area contributed by atoms with Crippen molar-refractivity contribution in [2.75, 3.05) is 18.9 Å². The van der Waals surface area contributed by atoms with Gasteiger partial charge in [-0.05, 0) is 37.4 Å². The molecule has 2 heterocycles. The average molecular weight is 306 g/mol. The maximum atomic E-state index is 12.2. The predicted molar refractivity (Wildman–Crippen MR) is 90.9 cm³/mol. The number of hydrogen-bond donors (Lipinski definition) is 1. The average Bonchev–Trinajstić information content (AvgIpc) is 2.55. The minimum atomic E-state index is -0.0567. The van der Waals surface area contributed by atoms with Gasteiger partial charge in [-0.25, -0.2) is 0 Å². The van der Waals surface area contributed by atoms with Crippen molar-refractivity contribution in [1.82, 2.24) is 14.9 Å². The highest BCUT2D eigenvalue weighted by atomic mass is 16.2. The van der Waals surface area contributed by atoms with E-state index in [4.69, 9.17) is 0 Å². The van der Waals surface area contributed by atoms with Crippen LogP contribution in [0.5, 0.6) is 0 Å². The van der Waals surface area contributed by atoms with Crippen LogP contribution in [0.15, 0.2) is 60.9 Å². The van der Waals surface area contributed by atoms with Crippen molar-refractivity contribution in [3.63, 3.8) is 0 Å². The lowest BCUT2D eigenvalue weighted by molar-refractivity contribution is -0.117. The first-order valence-electron chi connectivity index (χ1n) is 7.44. The molecule has 0 saturated heterocycles. The fourth-order valence-corrected chi connectivity index (χ4v) is 2.41. The van der Waals surface area contributed by atoms with Crippen molar-refractivity contribution in [1.29, 1.82) is 0 Å². The lowest BCUT2D eigenvalue weighted by Gasteiger charge is -2.15. The number of rotatable bonds is 5. The summed E-state index contributed by atoms with van der Waals surface area (Å²) >= 11 is 0. The number of fused-ring (bicyclic) bond motifs is 1. The van der Waals surface area contributed by atoms with Crippen LogP contribution in [0.25, 0.3) is 10.9 Å². The van der Waals surface area contributed by atoms with E-state index in [-0.39, 0.29) is 5.91 Å². The van der Waals surface area contributed by atoms with Gasteiger partial charge in [0.15, 0.2) is 0 Å². The van der Waals surface area contributed by atoms with Crippen molar-refractivity contribution in [2.24, 2.45) is 0 Å². The number of amides is 1. The second-order valence-electron chi connectivity index (χ2n) is 5.45. The molecule has 0 aliphatic heterocycles. The molecule has 0 radical (unpaired) electrons. The van der Waals surface area contributed by atoms with E-state index in [1.54, 1.807) is 12.4 Å². The number of carbonyl (C=O) groups is 1. The highest BCUT2D eigenvalue weighted by molar-refractivity contribution is 5.94. The lowest BCUT2D eigenvalue weighted by atomic mass is 10.2. The summed E-state index contributed by atoms with van der Waals surface area (Å²) in [5.74, 6) is -0.0567. The molecule has 1 N–H and O–H groups in total. The highest BCUT2D eigenvalue weighted by Gasteiger charge is 2.08. The molecular weight excluding hydrogens is 288 g/mol. The van der Waals surface area contributed by atoms with E-state index in [1.165, 1.54) is 0 Å². The van der Waals surface area contributed by atoms with Gasteiger partial charge in [0.2, 0.25) is 5.91 Å². The van der Waals surface area contributed by atoms with E-state index in [0.29, 0.717) is 13.1 Å². The van der Waals surface area contributed by atoms with Crippen LogP contribution in [-0.4, -0.2) is 34.4 Å². The first kappa shape index (κ1) is 15.1. The Balaban J connectivity index is 1.59. The summed E-state index contributed by atoms with van der Waals surface area (Å²) < 4.78 is 0. The minimum absolute atomic E-state index is 0.0567. The van der Waals surface area contributed by atoms with Crippen LogP contribution in [0, 0.1) is 0 Å². The number of pyridine rings is 2. The van der Waals surface area contributed by atoms with Gasteiger partial charge in [0, 0.05) is 30.0 Å². The SMILES string of the molecule is CN(CC(=O)Nc1ccc2cccnc2c1)Cc1ccccn1. The van der Waals surface area contributed by atoms with Gasteiger partial charge < -0.3 is 5.32 Å². The zero-order valence-electron chi connectivity index (χ0n) is 12.9.